The first-order chi connectivity index (χ1) is 14.3. The minimum Gasteiger partial charge on any atom is -0.484 e. The zero-order chi connectivity index (χ0) is 21.7. The van der Waals surface area contributed by atoms with Crippen molar-refractivity contribution in [2.45, 2.75) is 52.5 Å². The number of aryl methyl sites for hydroxylation is 2. The van der Waals surface area contributed by atoms with Crippen LogP contribution in [0.4, 0.5) is 0 Å². The van der Waals surface area contributed by atoms with Gasteiger partial charge in [-0.25, -0.2) is 0 Å². The van der Waals surface area contributed by atoms with E-state index in [1.165, 1.54) is 11.1 Å². The Balaban J connectivity index is 1.44. The molecule has 30 heavy (non-hydrogen) atoms. The Labute approximate surface area is 179 Å². The lowest BCUT2D eigenvalue weighted by Gasteiger charge is -2.32. The van der Waals surface area contributed by atoms with Crippen LogP contribution in [0.25, 0.3) is 0 Å². The number of carbonyl (C=O) groups is 2. The lowest BCUT2D eigenvalue weighted by atomic mass is 10.0. The molecule has 0 unspecified atom stereocenters. The number of hydrogen-bond acceptors (Lipinski definition) is 3. The maximum atomic E-state index is 12.7. The van der Waals surface area contributed by atoms with E-state index in [0.717, 1.165) is 29.7 Å². The molecule has 1 saturated heterocycles. The highest BCUT2D eigenvalue weighted by atomic mass is 16.5. The molecular weight excluding hydrogens is 376 g/mol. The minimum absolute atomic E-state index is 0.00520. The second kappa shape index (κ2) is 9.79. The molecule has 2 aromatic rings. The van der Waals surface area contributed by atoms with Crippen molar-refractivity contribution in [1.82, 2.24) is 10.2 Å². The molecule has 0 saturated carbocycles. The van der Waals surface area contributed by atoms with Crippen LogP contribution < -0.4 is 10.1 Å². The first kappa shape index (κ1) is 21.9. The van der Waals surface area contributed by atoms with Gasteiger partial charge >= 0.3 is 0 Å². The molecule has 5 nitrogen and oxygen atoms in total. The molecule has 1 N–H and O–H groups in total. The molecule has 5 heteroatoms. The summed E-state index contributed by atoms with van der Waals surface area (Å²) in [5.74, 6) is 1.13. The van der Waals surface area contributed by atoms with Crippen LogP contribution >= 0.6 is 0 Å². The summed E-state index contributed by atoms with van der Waals surface area (Å²) in [5.41, 5.74) is 4.15. The molecule has 0 aliphatic carbocycles. The first-order valence-corrected chi connectivity index (χ1v) is 10.7. The molecule has 0 aromatic heterocycles. The van der Waals surface area contributed by atoms with E-state index in [-0.39, 0.29) is 24.5 Å². The Hall–Kier alpha value is -2.82. The fraction of sp³-hybridized carbons (Fsp3) is 0.440. The number of likely N-dealkylation sites (tertiary alicyclic amines) is 1. The molecule has 1 aliphatic heterocycles. The second-order valence-electron chi connectivity index (χ2n) is 8.47. The van der Waals surface area contributed by atoms with Crippen LogP contribution in [-0.2, 0) is 4.79 Å². The normalized spacial score (nSPS) is 14.6. The van der Waals surface area contributed by atoms with E-state index in [0.29, 0.717) is 19.0 Å². The van der Waals surface area contributed by atoms with Crippen molar-refractivity contribution in [2.75, 3.05) is 19.7 Å². The summed E-state index contributed by atoms with van der Waals surface area (Å²) in [6, 6.07) is 13.9. The molecule has 0 spiro atoms. The number of nitrogens with one attached hydrogen (secondary N) is 1. The van der Waals surface area contributed by atoms with Gasteiger partial charge in [-0.15, -0.1) is 0 Å². The molecule has 0 atom stereocenters. The molecule has 0 bridgehead atoms. The van der Waals surface area contributed by atoms with E-state index in [1.54, 1.807) is 0 Å². The van der Waals surface area contributed by atoms with Gasteiger partial charge in [-0.3, -0.25) is 9.59 Å². The van der Waals surface area contributed by atoms with Crippen LogP contribution in [0.1, 0.15) is 59.7 Å². The maximum Gasteiger partial charge on any atom is 0.258 e. The summed E-state index contributed by atoms with van der Waals surface area (Å²) in [6.07, 6.45) is 1.51. The SMILES string of the molecule is Cc1ccc(OCC(=O)NC2CCN(C(=O)c3ccc(C(C)C)cc3)CC2)c(C)c1. The summed E-state index contributed by atoms with van der Waals surface area (Å²) in [7, 11) is 0. The average molecular weight is 409 g/mol. The van der Waals surface area contributed by atoms with Gasteiger partial charge in [0.15, 0.2) is 6.61 Å². The van der Waals surface area contributed by atoms with Crippen molar-refractivity contribution in [1.29, 1.82) is 0 Å². The van der Waals surface area contributed by atoms with E-state index in [1.807, 2.05) is 61.2 Å². The Bertz CT molecular complexity index is 882. The van der Waals surface area contributed by atoms with Crippen molar-refractivity contribution < 1.29 is 14.3 Å². The zero-order valence-corrected chi connectivity index (χ0v) is 18.4. The largest absolute Gasteiger partial charge is 0.484 e. The van der Waals surface area contributed by atoms with Crippen molar-refractivity contribution in [2.24, 2.45) is 0 Å². The Morgan fingerprint density at radius 3 is 2.33 bits per heavy atom. The molecule has 1 fully saturated rings. The number of amides is 2. The van der Waals surface area contributed by atoms with Crippen LogP contribution in [0.5, 0.6) is 5.75 Å². The number of ether oxygens (including phenoxy) is 1. The summed E-state index contributed by atoms with van der Waals surface area (Å²) < 4.78 is 5.66. The molecule has 1 heterocycles. The van der Waals surface area contributed by atoms with Gasteiger partial charge in [0.25, 0.3) is 11.8 Å². The van der Waals surface area contributed by atoms with Gasteiger partial charge in [-0.1, -0.05) is 43.7 Å². The van der Waals surface area contributed by atoms with Crippen LogP contribution in [0, 0.1) is 13.8 Å². The fourth-order valence-electron chi connectivity index (χ4n) is 3.79. The van der Waals surface area contributed by atoms with Gasteiger partial charge in [0, 0.05) is 24.7 Å². The summed E-state index contributed by atoms with van der Waals surface area (Å²) in [4.78, 5) is 26.9. The number of nitrogens with zero attached hydrogens (tertiary/aromatic N) is 1. The van der Waals surface area contributed by atoms with Gasteiger partial charge in [0.2, 0.25) is 0 Å². The van der Waals surface area contributed by atoms with Gasteiger partial charge in [0.1, 0.15) is 5.75 Å². The third-order valence-corrected chi connectivity index (χ3v) is 5.66. The molecule has 2 aromatic carbocycles. The van der Waals surface area contributed by atoms with Crippen LogP contribution in [0.15, 0.2) is 42.5 Å². The molecule has 160 valence electrons. The van der Waals surface area contributed by atoms with Gasteiger partial charge in [-0.05, 0) is 61.9 Å². The average Bonchev–Trinajstić information content (AvgIpc) is 2.73. The van der Waals surface area contributed by atoms with Gasteiger partial charge in [0.05, 0.1) is 0 Å². The summed E-state index contributed by atoms with van der Waals surface area (Å²) in [5, 5.41) is 3.04. The van der Waals surface area contributed by atoms with Crippen molar-refractivity contribution in [3.8, 4) is 5.75 Å². The predicted molar refractivity (Wildman–Crippen MR) is 119 cm³/mol. The molecule has 0 radical (unpaired) electrons. The monoisotopic (exact) mass is 408 g/mol. The van der Waals surface area contributed by atoms with E-state index < -0.39 is 0 Å². The number of rotatable bonds is 6. The maximum absolute atomic E-state index is 12.7. The number of hydrogen-bond donors (Lipinski definition) is 1. The molecule has 1 aliphatic rings. The lowest BCUT2D eigenvalue weighted by molar-refractivity contribution is -0.124. The van der Waals surface area contributed by atoms with Crippen molar-refractivity contribution in [3.63, 3.8) is 0 Å². The Kier molecular flexibility index (Phi) is 7.14. The van der Waals surface area contributed by atoms with E-state index in [4.69, 9.17) is 4.74 Å². The number of benzene rings is 2. The summed E-state index contributed by atoms with van der Waals surface area (Å²) >= 11 is 0. The van der Waals surface area contributed by atoms with Gasteiger partial charge < -0.3 is 15.0 Å². The smallest absolute Gasteiger partial charge is 0.258 e. The third kappa shape index (κ3) is 5.62. The highest BCUT2D eigenvalue weighted by molar-refractivity contribution is 5.94. The first-order valence-electron chi connectivity index (χ1n) is 10.7. The van der Waals surface area contributed by atoms with E-state index in [9.17, 15) is 9.59 Å². The fourth-order valence-corrected chi connectivity index (χ4v) is 3.79. The molecule has 2 amide bonds. The van der Waals surface area contributed by atoms with E-state index in [2.05, 4.69) is 19.2 Å². The lowest BCUT2D eigenvalue weighted by Crippen LogP contribution is -2.47. The summed E-state index contributed by atoms with van der Waals surface area (Å²) in [6.45, 7) is 9.59. The van der Waals surface area contributed by atoms with Crippen LogP contribution in [0.3, 0.4) is 0 Å². The van der Waals surface area contributed by atoms with Crippen molar-refractivity contribution in [3.05, 3.63) is 64.7 Å². The standard InChI is InChI=1S/C25H32N2O3/c1-17(2)20-6-8-21(9-7-20)25(29)27-13-11-22(12-14-27)26-24(28)16-30-23-10-5-18(3)15-19(23)4/h5-10,15,17,22H,11-14,16H2,1-4H3,(H,26,28). The number of piperidine rings is 1. The topological polar surface area (TPSA) is 58.6 Å². The second-order valence-corrected chi connectivity index (χ2v) is 8.47. The van der Waals surface area contributed by atoms with Crippen molar-refractivity contribution >= 4 is 11.8 Å². The van der Waals surface area contributed by atoms with Gasteiger partial charge in [-0.2, -0.15) is 0 Å². The Morgan fingerprint density at radius 2 is 1.73 bits per heavy atom. The highest BCUT2D eigenvalue weighted by Gasteiger charge is 2.24. The predicted octanol–water partition coefficient (Wildman–Crippen LogP) is 4.23. The van der Waals surface area contributed by atoms with Crippen LogP contribution in [0.2, 0.25) is 0 Å². The third-order valence-electron chi connectivity index (χ3n) is 5.66. The van der Waals surface area contributed by atoms with Crippen LogP contribution in [-0.4, -0.2) is 42.5 Å². The quantitative estimate of drug-likeness (QED) is 0.778. The minimum atomic E-state index is -0.121. The van der Waals surface area contributed by atoms with E-state index >= 15 is 0 Å². The highest BCUT2D eigenvalue weighted by Crippen LogP contribution is 2.19. The molecular formula is C25H32N2O3. The molecule has 3 rings (SSSR count). The Morgan fingerprint density at radius 1 is 1.07 bits per heavy atom. The number of carbonyl (C=O) groups excluding carboxylic acids is 2. The zero-order valence-electron chi connectivity index (χ0n) is 18.4.